The first kappa shape index (κ1) is 14.5. The summed E-state index contributed by atoms with van der Waals surface area (Å²) in [6, 6.07) is 1.64. The smallest absolute Gasteiger partial charge is 0.416 e. The normalized spacial score (nSPS) is 11.4. The maximum Gasteiger partial charge on any atom is 0.416 e. The topological polar surface area (TPSA) is 26.3 Å². The van der Waals surface area contributed by atoms with Crippen molar-refractivity contribution >= 4 is 5.97 Å². The molecule has 0 radical (unpaired) electrons. The van der Waals surface area contributed by atoms with Crippen molar-refractivity contribution < 1.29 is 27.1 Å². The summed E-state index contributed by atoms with van der Waals surface area (Å²) in [6.07, 6.45) is -3.31. The number of carbonyl (C=O) groups is 1. The monoisotopic (exact) mass is 264 g/mol. The Kier molecular flexibility index (Phi) is 4.69. The van der Waals surface area contributed by atoms with Crippen molar-refractivity contribution in [3.63, 3.8) is 0 Å². The third kappa shape index (κ3) is 4.01. The van der Waals surface area contributed by atoms with Crippen LogP contribution >= 0.6 is 0 Å². The van der Waals surface area contributed by atoms with Gasteiger partial charge >= 0.3 is 12.1 Å². The van der Waals surface area contributed by atoms with E-state index in [1.165, 1.54) is 0 Å². The van der Waals surface area contributed by atoms with Crippen molar-refractivity contribution in [1.29, 1.82) is 0 Å². The summed E-state index contributed by atoms with van der Waals surface area (Å²) in [7, 11) is 0. The molecule has 0 atom stereocenters. The molecule has 100 valence electrons. The van der Waals surface area contributed by atoms with Gasteiger partial charge in [0.25, 0.3) is 0 Å². The van der Waals surface area contributed by atoms with Crippen molar-refractivity contribution in [2.45, 2.75) is 25.9 Å². The zero-order chi connectivity index (χ0) is 13.8. The number of esters is 1. The number of rotatable bonds is 4. The van der Waals surface area contributed by atoms with Gasteiger partial charge in [-0.25, -0.2) is 9.18 Å². The maximum atomic E-state index is 13.0. The predicted octanol–water partition coefficient (Wildman–Crippen LogP) is 3.80. The molecule has 6 heteroatoms. The van der Waals surface area contributed by atoms with E-state index >= 15 is 0 Å². The van der Waals surface area contributed by atoms with Gasteiger partial charge in [-0.15, -0.1) is 0 Å². The highest BCUT2D eigenvalue weighted by molar-refractivity contribution is 5.89. The minimum Gasteiger partial charge on any atom is -0.462 e. The maximum absolute atomic E-state index is 13.0. The highest BCUT2D eigenvalue weighted by Gasteiger charge is 2.32. The van der Waals surface area contributed by atoms with Crippen LogP contribution in [0, 0.1) is 5.82 Å². The highest BCUT2D eigenvalue weighted by Crippen LogP contribution is 2.30. The third-order valence-electron chi connectivity index (χ3n) is 2.19. The van der Waals surface area contributed by atoms with E-state index < -0.39 is 29.1 Å². The number of benzene rings is 1. The molecule has 0 amide bonds. The second-order valence-electron chi connectivity index (χ2n) is 3.72. The van der Waals surface area contributed by atoms with Crippen LogP contribution < -0.4 is 0 Å². The molecule has 0 bridgehead atoms. The van der Waals surface area contributed by atoms with Crippen LogP contribution in [0.5, 0.6) is 0 Å². The number of unbranched alkanes of at least 4 members (excludes halogenated alkanes) is 1. The largest absolute Gasteiger partial charge is 0.462 e. The van der Waals surface area contributed by atoms with E-state index in [1.54, 1.807) is 0 Å². The molecule has 0 fully saturated rings. The van der Waals surface area contributed by atoms with Gasteiger partial charge in [0.15, 0.2) is 0 Å². The second kappa shape index (κ2) is 5.84. The molecule has 0 unspecified atom stereocenters. The van der Waals surface area contributed by atoms with Crippen molar-refractivity contribution in [3.05, 3.63) is 35.1 Å². The number of alkyl halides is 3. The van der Waals surface area contributed by atoms with Crippen LogP contribution in [-0.4, -0.2) is 12.6 Å². The molecule has 0 spiro atoms. The number of ether oxygens (including phenoxy) is 1. The van der Waals surface area contributed by atoms with Crippen LogP contribution in [0.2, 0.25) is 0 Å². The lowest BCUT2D eigenvalue weighted by Crippen LogP contribution is -2.11. The Morgan fingerprint density at radius 1 is 1.28 bits per heavy atom. The summed E-state index contributed by atoms with van der Waals surface area (Å²) >= 11 is 0. The van der Waals surface area contributed by atoms with E-state index in [0.717, 1.165) is 12.5 Å². The van der Waals surface area contributed by atoms with Gasteiger partial charge in [0.1, 0.15) is 5.82 Å². The van der Waals surface area contributed by atoms with Crippen LogP contribution in [0.3, 0.4) is 0 Å². The Balaban J connectivity index is 2.89. The lowest BCUT2D eigenvalue weighted by atomic mass is 10.1. The van der Waals surface area contributed by atoms with E-state index in [-0.39, 0.29) is 6.61 Å². The van der Waals surface area contributed by atoms with Crippen molar-refractivity contribution in [2.24, 2.45) is 0 Å². The molecular formula is C12H12F4O2. The van der Waals surface area contributed by atoms with Crippen molar-refractivity contribution in [2.75, 3.05) is 6.61 Å². The first-order valence-corrected chi connectivity index (χ1v) is 5.39. The molecule has 2 nitrogen and oxygen atoms in total. The van der Waals surface area contributed by atoms with Gasteiger partial charge in [0, 0.05) is 0 Å². The average molecular weight is 264 g/mol. The first-order chi connectivity index (χ1) is 8.34. The van der Waals surface area contributed by atoms with Gasteiger partial charge in [-0.3, -0.25) is 0 Å². The van der Waals surface area contributed by atoms with E-state index in [9.17, 15) is 22.4 Å². The summed E-state index contributed by atoms with van der Waals surface area (Å²) in [6.45, 7) is 1.98. The molecule has 0 aliphatic carbocycles. The Labute approximate surface area is 102 Å². The average Bonchev–Trinajstić information content (AvgIpc) is 2.27. The first-order valence-electron chi connectivity index (χ1n) is 5.39. The predicted molar refractivity (Wildman–Crippen MR) is 56.6 cm³/mol. The number of hydrogen-bond acceptors (Lipinski definition) is 2. The Hall–Kier alpha value is -1.59. The number of halogens is 4. The third-order valence-corrected chi connectivity index (χ3v) is 2.19. The van der Waals surface area contributed by atoms with Crippen molar-refractivity contribution in [1.82, 2.24) is 0 Å². The van der Waals surface area contributed by atoms with Gasteiger partial charge in [-0.1, -0.05) is 13.3 Å². The minimum absolute atomic E-state index is 0.104. The fourth-order valence-corrected chi connectivity index (χ4v) is 1.26. The summed E-state index contributed by atoms with van der Waals surface area (Å²) < 4.78 is 54.9. The Morgan fingerprint density at radius 3 is 2.50 bits per heavy atom. The summed E-state index contributed by atoms with van der Waals surface area (Å²) in [5, 5.41) is 0. The lowest BCUT2D eigenvalue weighted by Gasteiger charge is -2.09. The molecule has 0 heterocycles. The van der Waals surface area contributed by atoms with Gasteiger partial charge in [0.05, 0.1) is 17.7 Å². The quantitative estimate of drug-likeness (QED) is 0.469. The van der Waals surface area contributed by atoms with Gasteiger partial charge in [0.2, 0.25) is 0 Å². The van der Waals surface area contributed by atoms with Gasteiger partial charge in [-0.05, 0) is 24.6 Å². The zero-order valence-electron chi connectivity index (χ0n) is 9.68. The molecule has 1 rings (SSSR count). The van der Waals surface area contributed by atoms with E-state index in [1.807, 2.05) is 6.92 Å². The molecule has 0 N–H and O–H groups in total. The van der Waals surface area contributed by atoms with Gasteiger partial charge < -0.3 is 4.74 Å². The van der Waals surface area contributed by atoms with Crippen LogP contribution in [0.15, 0.2) is 18.2 Å². The van der Waals surface area contributed by atoms with Gasteiger partial charge in [-0.2, -0.15) is 13.2 Å². The summed E-state index contributed by atoms with van der Waals surface area (Å²) in [5.41, 5.74) is -1.64. The Bertz CT molecular complexity index is 427. The lowest BCUT2D eigenvalue weighted by molar-refractivity contribution is -0.137. The van der Waals surface area contributed by atoms with E-state index in [4.69, 9.17) is 4.74 Å². The SMILES string of the molecule is CCCCOC(=O)c1cc(F)cc(C(F)(F)F)c1. The van der Waals surface area contributed by atoms with E-state index in [2.05, 4.69) is 0 Å². The van der Waals surface area contributed by atoms with Crippen LogP contribution in [0.25, 0.3) is 0 Å². The molecule has 0 aliphatic rings. The van der Waals surface area contributed by atoms with E-state index in [0.29, 0.717) is 18.6 Å². The summed E-state index contributed by atoms with van der Waals surface area (Å²) in [5.74, 6) is -2.07. The number of carbonyl (C=O) groups excluding carboxylic acids is 1. The Morgan fingerprint density at radius 2 is 1.94 bits per heavy atom. The van der Waals surface area contributed by atoms with Crippen molar-refractivity contribution in [3.8, 4) is 0 Å². The van der Waals surface area contributed by atoms with Crippen LogP contribution in [0.1, 0.15) is 35.7 Å². The summed E-state index contributed by atoms with van der Waals surface area (Å²) in [4.78, 5) is 11.4. The molecule has 0 aromatic heterocycles. The molecule has 1 aromatic rings. The minimum atomic E-state index is -4.69. The molecule has 0 saturated carbocycles. The highest BCUT2D eigenvalue weighted by atomic mass is 19.4. The molecule has 18 heavy (non-hydrogen) atoms. The fourth-order valence-electron chi connectivity index (χ4n) is 1.26. The standard InChI is InChI=1S/C12H12F4O2/c1-2-3-4-18-11(17)8-5-9(12(14,15)16)7-10(13)6-8/h5-7H,2-4H2,1H3. The molecule has 0 aliphatic heterocycles. The fraction of sp³-hybridized carbons (Fsp3) is 0.417. The second-order valence-corrected chi connectivity index (χ2v) is 3.72. The van der Waals surface area contributed by atoms with Crippen LogP contribution in [-0.2, 0) is 10.9 Å². The number of hydrogen-bond donors (Lipinski definition) is 0. The molecule has 1 aromatic carbocycles. The molecule has 0 saturated heterocycles. The zero-order valence-corrected chi connectivity index (χ0v) is 9.68. The molecular weight excluding hydrogens is 252 g/mol. The van der Waals surface area contributed by atoms with Crippen LogP contribution in [0.4, 0.5) is 17.6 Å².